The van der Waals surface area contributed by atoms with Crippen LogP contribution in [-0.2, 0) is 0 Å². The van der Waals surface area contributed by atoms with E-state index in [0.717, 1.165) is 42.9 Å². The van der Waals surface area contributed by atoms with E-state index >= 15 is 0 Å². The van der Waals surface area contributed by atoms with Crippen LogP contribution in [0.3, 0.4) is 0 Å². The van der Waals surface area contributed by atoms with Gasteiger partial charge in [0.25, 0.3) is 0 Å². The quantitative estimate of drug-likeness (QED) is 0.570. The SMILES string of the molecule is CCN(c1cc(-c2ccc(Cl)cc2Cl)cc2c1OC1CCNCC21)C1CCCCC1. The number of hydrogen-bond donors (Lipinski definition) is 1. The summed E-state index contributed by atoms with van der Waals surface area (Å²) in [6, 6.07) is 11.0. The van der Waals surface area contributed by atoms with Crippen LogP contribution < -0.4 is 15.0 Å². The number of nitrogens with zero attached hydrogens (tertiary/aromatic N) is 1. The zero-order valence-corrected chi connectivity index (χ0v) is 19.1. The first-order valence-electron chi connectivity index (χ1n) is 11.4. The fourth-order valence-corrected chi connectivity index (χ4v) is 6.10. The third kappa shape index (κ3) is 3.70. The maximum absolute atomic E-state index is 6.63. The van der Waals surface area contributed by atoms with Crippen molar-refractivity contribution in [2.24, 2.45) is 0 Å². The standard InChI is InChI=1S/C25H30Cl2N2O/c1-2-29(18-6-4-3-5-7-18)23-13-16(19-9-8-17(26)14-22(19)27)12-20-21-15-28-11-10-24(21)30-25(20)23/h8-9,12-14,18,21,24,28H,2-7,10-11,15H2,1H3. The van der Waals surface area contributed by atoms with Crippen molar-refractivity contribution >= 4 is 28.9 Å². The van der Waals surface area contributed by atoms with Gasteiger partial charge in [-0.15, -0.1) is 0 Å². The van der Waals surface area contributed by atoms with Crippen molar-refractivity contribution in [1.29, 1.82) is 0 Å². The number of anilines is 1. The summed E-state index contributed by atoms with van der Waals surface area (Å²) in [5, 5.41) is 4.93. The van der Waals surface area contributed by atoms with Gasteiger partial charge >= 0.3 is 0 Å². The Morgan fingerprint density at radius 3 is 2.67 bits per heavy atom. The second kappa shape index (κ2) is 8.61. The number of ether oxygens (including phenoxy) is 1. The van der Waals surface area contributed by atoms with E-state index in [0.29, 0.717) is 22.0 Å². The highest BCUT2D eigenvalue weighted by Gasteiger charge is 2.39. The van der Waals surface area contributed by atoms with Gasteiger partial charge in [0.2, 0.25) is 0 Å². The summed E-state index contributed by atoms with van der Waals surface area (Å²) in [6.45, 7) is 5.27. The van der Waals surface area contributed by atoms with Crippen LogP contribution in [0.2, 0.25) is 10.0 Å². The molecule has 160 valence electrons. The first-order valence-corrected chi connectivity index (χ1v) is 12.2. The van der Waals surface area contributed by atoms with Crippen LogP contribution >= 0.6 is 23.2 Å². The predicted molar refractivity (Wildman–Crippen MR) is 126 cm³/mol. The Kier molecular flexibility index (Phi) is 5.88. The summed E-state index contributed by atoms with van der Waals surface area (Å²) in [5.41, 5.74) is 4.78. The molecule has 2 aromatic rings. The number of rotatable bonds is 4. The lowest BCUT2D eigenvalue weighted by Crippen LogP contribution is -2.38. The highest BCUT2D eigenvalue weighted by Crippen LogP contribution is 2.50. The largest absolute Gasteiger partial charge is 0.487 e. The molecule has 3 aliphatic rings. The lowest BCUT2D eigenvalue weighted by Gasteiger charge is -2.36. The molecule has 0 bridgehead atoms. The molecule has 5 heteroatoms. The van der Waals surface area contributed by atoms with Crippen molar-refractivity contribution in [2.45, 2.75) is 63.5 Å². The summed E-state index contributed by atoms with van der Waals surface area (Å²) >= 11 is 12.8. The van der Waals surface area contributed by atoms with Crippen LogP contribution in [-0.4, -0.2) is 31.8 Å². The van der Waals surface area contributed by atoms with E-state index in [4.69, 9.17) is 27.9 Å². The smallest absolute Gasteiger partial charge is 0.146 e. The first-order chi connectivity index (χ1) is 14.7. The third-order valence-electron chi connectivity index (χ3n) is 7.09. The molecule has 0 aromatic heterocycles. The Hall–Kier alpha value is -1.42. The van der Waals surface area contributed by atoms with Gasteiger partial charge in [-0.05, 0) is 62.6 Å². The van der Waals surface area contributed by atoms with E-state index in [-0.39, 0.29) is 6.10 Å². The Morgan fingerprint density at radius 1 is 1.07 bits per heavy atom. The van der Waals surface area contributed by atoms with Gasteiger partial charge in [0.15, 0.2) is 0 Å². The van der Waals surface area contributed by atoms with Gasteiger partial charge in [-0.3, -0.25) is 0 Å². The van der Waals surface area contributed by atoms with Gasteiger partial charge in [0.1, 0.15) is 11.9 Å². The van der Waals surface area contributed by atoms with Crippen LogP contribution in [0.4, 0.5) is 5.69 Å². The van der Waals surface area contributed by atoms with Gasteiger partial charge in [0.05, 0.1) is 5.69 Å². The minimum absolute atomic E-state index is 0.279. The van der Waals surface area contributed by atoms with E-state index in [1.807, 2.05) is 18.2 Å². The molecule has 2 fully saturated rings. The topological polar surface area (TPSA) is 24.5 Å². The molecule has 0 amide bonds. The monoisotopic (exact) mass is 444 g/mol. The predicted octanol–water partition coefficient (Wildman–Crippen LogP) is 6.66. The number of hydrogen-bond acceptors (Lipinski definition) is 3. The first kappa shape index (κ1) is 20.5. The molecular formula is C25H30Cl2N2O. The van der Waals surface area contributed by atoms with E-state index in [1.165, 1.54) is 43.4 Å². The number of nitrogens with one attached hydrogen (secondary N) is 1. The van der Waals surface area contributed by atoms with E-state index in [2.05, 4.69) is 29.3 Å². The summed E-state index contributed by atoms with van der Waals surface area (Å²) in [5.74, 6) is 1.51. The van der Waals surface area contributed by atoms with Crippen molar-refractivity contribution < 1.29 is 4.74 Å². The Balaban J connectivity index is 1.64. The van der Waals surface area contributed by atoms with Crippen molar-refractivity contribution in [2.75, 3.05) is 24.5 Å². The second-order valence-corrected chi connectivity index (χ2v) is 9.71. The fraction of sp³-hybridized carbons (Fsp3) is 0.520. The molecule has 2 heterocycles. The Labute approximate surface area is 189 Å². The molecule has 2 atom stereocenters. The molecular weight excluding hydrogens is 415 g/mol. The van der Waals surface area contributed by atoms with Crippen LogP contribution in [0.5, 0.6) is 5.75 Å². The molecule has 1 N–H and O–H groups in total. The molecule has 5 rings (SSSR count). The summed E-state index contributed by atoms with van der Waals surface area (Å²) in [7, 11) is 0. The Bertz CT molecular complexity index is 926. The Morgan fingerprint density at radius 2 is 1.90 bits per heavy atom. The number of halogens is 2. The summed E-state index contributed by atoms with van der Waals surface area (Å²) < 4.78 is 6.62. The van der Waals surface area contributed by atoms with Crippen molar-refractivity contribution in [3.8, 4) is 16.9 Å². The number of piperidine rings is 1. The van der Waals surface area contributed by atoms with Crippen LogP contribution in [0.15, 0.2) is 30.3 Å². The number of benzene rings is 2. The second-order valence-electron chi connectivity index (χ2n) is 8.87. The van der Waals surface area contributed by atoms with E-state index in [1.54, 1.807) is 0 Å². The molecule has 2 aliphatic heterocycles. The van der Waals surface area contributed by atoms with Crippen LogP contribution in [0.1, 0.15) is 56.9 Å². The average Bonchev–Trinajstić information content (AvgIpc) is 3.14. The van der Waals surface area contributed by atoms with Crippen molar-refractivity contribution in [1.82, 2.24) is 5.32 Å². The van der Waals surface area contributed by atoms with Gasteiger partial charge in [-0.25, -0.2) is 0 Å². The van der Waals surface area contributed by atoms with E-state index in [9.17, 15) is 0 Å². The zero-order chi connectivity index (χ0) is 20.7. The van der Waals surface area contributed by atoms with Gasteiger partial charge < -0.3 is 15.0 Å². The molecule has 0 radical (unpaired) electrons. The molecule has 2 unspecified atom stereocenters. The maximum Gasteiger partial charge on any atom is 0.146 e. The van der Waals surface area contributed by atoms with Gasteiger partial charge in [-0.2, -0.15) is 0 Å². The fourth-order valence-electron chi connectivity index (χ4n) is 5.59. The zero-order valence-electron chi connectivity index (χ0n) is 17.6. The molecule has 1 saturated heterocycles. The average molecular weight is 445 g/mol. The highest BCUT2D eigenvalue weighted by molar-refractivity contribution is 6.36. The van der Waals surface area contributed by atoms with Crippen LogP contribution in [0, 0.1) is 0 Å². The molecule has 0 spiro atoms. The van der Waals surface area contributed by atoms with Gasteiger partial charge in [-0.1, -0.05) is 48.5 Å². The van der Waals surface area contributed by atoms with Gasteiger partial charge in [0, 0.05) is 46.2 Å². The molecule has 3 nitrogen and oxygen atoms in total. The van der Waals surface area contributed by atoms with E-state index < -0.39 is 0 Å². The third-order valence-corrected chi connectivity index (χ3v) is 7.64. The molecule has 1 saturated carbocycles. The maximum atomic E-state index is 6.63. The lowest BCUT2D eigenvalue weighted by molar-refractivity contribution is 0.172. The number of fused-ring (bicyclic) bond motifs is 3. The minimum Gasteiger partial charge on any atom is -0.487 e. The summed E-state index contributed by atoms with van der Waals surface area (Å²) in [6.07, 6.45) is 7.88. The van der Waals surface area contributed by atoms with Crippen molar-refractivity contribution in [3.05, 3.63) is 45.9 Å². The normalized spacial score (nSPS) is 23.6. The molecule has 1 aliphatic carbocycles. The minimum atomic E-state index is 0.279. The summed E-state index contributed by atoms with van der Waals surface area (Å²) in [4.78, 5) is 2.59. The van der Waals surface area contributed by atoms with Crippen molar-refractivity contribution in [3.63, 3.8) is 0 Å². The lowest BCUT2D eigenvalue weighted by atomic mass is 9.88. The van der Waals surface area contributed by atoms with Crippen LogP contribution in [0.25, 0.3) is 11.1 Å². The molecule has 30 heavy (non-hydrogen) atoms. The highest BCUT2D eigenvalue weighted by atomic mass is 35.5. The molecule has 2 aromatic carbocycles.